The average Bonchev–Trinajstić information content (AvgIpc) is 2.32. The molecule has 0 fully saturated rings. The van der Waals surface area contributed by atoms with E-state index in [0.717, 1.165) is 11.1 Å². The highest BCUT2D eigenvalue weighted by molar-refractivity contribution is 5.65. The van der Waals surface area contributed by atoms with Crippen molar-refractivity contribution in [1.29, 1.82) is 0 Å². The molecule has 2 aromatic rings. The fraction of sp³-hybridized carbons (Fsp3) is 0. The van der Waals surface area contributed by atoms with Gasteiger partial charge in [-0.3, -0.25) is 0 Å². The molecule has 0 aliphatic heterocycles. The van der Waals surface area contributed by atoms with Crippen molar-refractivity contribution in [3.8, 4) is 11.1 Å². The first kappa shape index (κ1) is 9.66. The van der Waals surface area contributed by atoms with Crippen LogP contribution in [0.3, 0.4) is 0 Å². The lowest BCUT2D eigenvalue weighted by Gasteiger charge is -2.01. The van der Waals surface area contributed by atoms with Gasteiger partial charge in [-0.15, -0.1) is 0 Å². The van der Waals surface area contributed by atoms with Crippen LogP contribution in [0.25, 0.3) is 17.2 Å². The van der Waals surface area contributed by atoms with Crippen LogP contribution < -0.4 is 0 Å². The Morgan fingerprint density at radius 3 is 1.93 bits per heavy atom. The molecule has 0 radical (unpaired) electrons. The summed E-state index contributed by atoms with van der Waals surface area (Å²) in [5.74, 6) is 0. The average molecular weight is 198 g/mol. The molecule has 74 valence electrons. The van der Waals surface area contributed by atoms with E-state index in [4.69, 9.17) is 0 Å². The third kappa shape index (κ3) is 2.32. The lowest BCUT2D eigenvalue weighted by atomic mass is 10.0. The standard InChI is InChI=1S/C14H11F/c15-11-10-12-6-8-14(9-7-12)13-4-2-1-3-5-13/h1-11H/b11-10+. The van der Waals surface area contributed by atoms with E-state index in [-0.39, 0.29) is 0 Å². The predicted octanol–water partition coefficient (Wildman–Crippen LogP) is 4.29. The minimum Gasteiger partial charge on any atom is -0.216 e. The first-order valence-corrected chi connectivity index (χ1v) is 4.82. The van der Waals surface area contributed by atoms with Crippen molar-refractivity contribution in [2.24, 2.45) is 0 Å². The Morgan fingerprint density at radius 1 is 0.733 bits per heavy atom. The molecule has 0 atom stereocenters. The lowest BCUT2D eigenvalue weighted by Crippen LogP contribution is -1.77. The Hall–Kier alpha value is -1.89. The third-order valence-electron chi connectivity index (χ3n) is 2.27. The molecule has 2 aromatic carbocycles. The highest BCUT2D eigenvalue weighted by Gasteiger charge is 1.95. The van der Waals surface area contributed by atoms with Crippen molar-refractivity contribution >= 4 is 6.08 Å². The molecule has 0 aliphatic carbocycles. The molecule has 0 bridgehead atoms. The third-order valence-corrected chi connectivity index (χ3v) is 2.27. The molecule has 0 spiro atoms. The normalized spacial score (nSPS) is 10.7. The van der Waals surface area contributed by atoms with Gasteiger partial charge in [-0.25, -0.2) is 4.39 Å². The van der Waals surface area contributed by atoms with Gasteiger partial charge in [0.25, 0.3) is 0 Å². The van der Waals surface area contributed by atoms with E-state index in [9.17, 15) is 4.39 Å². The van der Waals surface area contributed by atoms with Crippen LogP contribution in [0.5, 0.6) is 0 Å². The van der Waals surface area contributed by atoms with Gasteiger partial charge in [0.1, 0.15) is 0 Å². The zero-order chi connectivity index (χ0) is 10.5. The smallest absolute Gasteiger partial charge is 0.0872 e. The Balaban J connectivity index is 2.32. The van der Waals surface area contributed by atoms with Crippen molar-refractivity contribution < 1.29 is 4.39 Å². The molecular weight excluding hydrogens is 187 g/mol. The summed E-state index contributed by atoms with van der Waals surface area (Å²) >= 11 is 0. The highest BCUT2D eigenvalue weighted by atomic mass is 19.1. The van der Waals surface area contributed by atoms with Crippen LogP contribution in [0.4, 0.5) is 4.39 Å². The summed E-state index contributed by atoms with van der Waals surface area (Å²) in [4.78, 5) is 0. The molecule has 2 rings (SSSR count). The lowest BCUT2D eigenvalue weighted by molar-refractivity contribution is 0.727. The molecular formula is C14H11F. The maximum absolute atomic E-state index is 11.9. The maximum atomic E-state index is 11.9. The largest absolute Gasteiger partial charge is 0.216 e. The second-order valence-electron chi connectivity index (χ2n) is 3.28. The van der Waals surface area contributed by atoms with Gasteiger partial charge in [-0.1, -0.05) is 54.6 Å². The van der Waals surface area contributed by atoms with Crippen LogP contribution in [0.1, 0.15) is 5.56 Å². The molecule has 0 amide bonds. The summed E-state index contributed by atoms with van der Waals surface area (Å²) in [7, 11) is 0. The predicted molar refractivity (Wildman–Crippen MR) is 62.0 cm³/mol. The fourth-order valence-corrected chi connectivity index (χ4v) is 1.49. The van der Waals surface area contributed by atoms with E-state index in [1.807, 2.05) is 42.5 Å². The van der Waals surface area contributed by atoms with Crippen LogP contribution >= 0.6 is 0 Å². The summed E-state index contributed by atoms with van der Waals surface area (Å²) in [6.07, 6.45) is 1.99. The zero-order valence-corrected chi connectivity index (χ0v) is 8.23. The second kappa shape index (κ2) is 4.56. The highest BCUT2D eigenvalue weighted by Crippen LogP contribution is 2.19. The summed E-state index contributed by atoms with van der Waals surface area (Å²) in [6.45, 7) is 0. The summed E-state index contributed by atoms with van der Waals surface area (Å²) in [5.41, 5.74) is 3.19. The molecule has 0 saturated carbocycles. The van der Waals surface area contributed by atoms with E-state index in [2.05, 4.69) is 12.1 Å². The van der Waals surface area contributed by atoms with Gasteiger partial charge in [-0.05, 0) is 22.8 Å². The topological polar surface area (TPSA) is 0 Å². The zero-order valence-electron chi connectivity index (χ0n) is 8.23. The number of hydrogen-bond acceptors (Lipinski definition) is 0. The van der Waals surface area contributed by atoms with Gasteiger partial charge in [0.2, 0.25) is 0 Å². The van der Waals surface area contributed by atoms with E-state index < -0.39 is 0 Å². The molecule has 0 unspecified atom stereocenters. The van der Waals surface area contributed by atoms with E-state index in [1.54, 1.807) is 0 Å². The van der Waals surface area contributed by atoms with Crippen LogP contribution in [0.15, 0.2) is 60.9 Å². The quantitative estimate of drug-likeness (QED) is 0.675. The second-order valence-corrected chi connectivity index (χ2v) is 3.28. The number of hydrogen-bond donors (Lipinski definition) is 0. The SMILES string of the molecule is F/C=C/c1ccc(-c2ccccc2)cc1. The van der Waals surface area contributed by atoms with Gasteiger partial charge in [0.15, 0.2) is 0 Å². The Bertz CT molecular complexity index is 441. The van der Waals surface area contributed by atoms with Crippen molar-refractivity contribution in [3.63, 3.8) is 0 Å². The van der Waals surface area contributed by atoms with Gasteiger partial charge in [0.05, 0.1) is 6.33 Å². The molecule has 15 heavy (non-hydrogen) atoms. The van der Waals surface area contributed by atoms with Crippen LogP contribution in [0.2, 0.25) is 0 Å². The minimum absolute atomic E-state index is 0.553. The Morgan fingerprint density at radius 2 is 1.33 bits per heavy atom. The molecule has 0 saturated heterocycles. The van der Waals surface area contributed by atoms with E-state index >= 15 is 0 Å². The number of rotatable bonds is 2. The maximum Gasteiger partial charge on any atom is 0.0872 e. The molecule has 1 heteroatoms. The fourth-order valence-electron chi connectivity index (χ4n) is 1.49. The van der Waals surface area contributed by atoms with Gasteiger partial charge < -0.3 is 0 Å². The van der Waals surface area contributed by atoms with Crippen molar-refractivity contribution in [1.82, 2.24) is 0 Å². The van der Waals surface area contributed by atoms with Gasteiger partial charge in [0, 0.05) is 0 Å². The van der Waals surface area contributed by atoms with Gasteiger partial charge in [-0.2, -0.15) is 0 Å². The molecule has 0 nitrogen and oxygen atoms in total. The number of benzene rings is 2. The Labute approximate surface area is 88.7 Å². The van der Waals surface area contributed by atoms with Gasteiger partial charge >= 0.3 is 0 Å². The van der Waals surface area contributed by atoms with Crippen LogP contribution in [-0.4, -0.2) is 0 Å². The van der Waals surface area contributed by atoms with Crippen LogP contribution in [0, 0.1) is 0 Å². The van der Waals surface area contributed by atoms with Crippen LogP contribution in [-0.2, 0) is 0 Å². The molecule has 0 aliphatic rings. The van der Waals surface area contributed by atoms with Crippen molar-refractivity contribution in [3.05, 3.63) is 66.5 Å². The summed E-state index contributed by atoms with van der Waals surface area (Å²) < 4.78 is 11.9. The summed E-state index contributed by atoms with van der Waals surface area (Å²) in [5, 5.41) is 0. The molecule has 0 heterocycles. The van der Waals surface area contributed by atoms with E-state index in [1.165, 1.54) is 11.6 Å². The van der Waals surface area contributed by atoms with E-state index in [0.29, 0.717) is 6.33 Å². The van der Waals surface area contributed by atoms with Crippen molar-refractivity contribution in [2.75, 3.05) is 0 Å². The Kier molecular flexibility index (Phi) is 2.93. The molecule has 0 N–H and O–H groups in total. The first-order chi connectivity index (χ1) is 7.40. The van der Waals surface area contributed by atoms with Crippen molar-refractivity contribution in [2.45, 2.75) is 0 Å². The monoisotopic (exact) mass is 198 g/mol. The number of halogens is 1. The minimum atomic E-state index is 0.553. The molecule has 0 aromatic heterocycles. The first-order valence-electron chi connectivity index (χ1n) is 4.82. The summed E-state index contributed by atoms with van der Waals surface area (Å²) in [6, 6.07) is 17.9.